The van der Waals surface area contributed by atoms with Gasteiger partial charge in [0.1, 0.15) is 24.6 Å². The number of urea groups is 1. The molecular weight excluding hydrogens is 402 g/mol. The highest BCUT2D eigenvalue weighted by Crippen LogP contribution is 2.21. The van der Waals surface area contributed by atoms with Crippen LogP contribution in [0.25, 0.3) is 0 Å². The number of carbonyl (C=O) groups is 2. The van der Waals surface area contributed by atoms with Gasteiger partial charge in [-0.2, -0.15) is 0 Å². The third kappa shape index (κ3) is 5.26. The van der Waals surface area contributed by atoms with Crippen molar-refractivity contribution < 1.29 is 24.2 Å². The first-order valence-electron chi connectivity index (χ1n) is 10.3. The first kappa shape index (κ1) is 22.8. The van der Waals surface area contributed by atoms with Crippen LogP contribution in [0.3, 0.4) is 0 Å². The topological polar surface area (TPSA) is 116 Å². The number of hydrogen-bond donors (Lipinski definition) is 3. The fourth-order valence-corrected chi connectivity index (χ4v) is 3.59. The minimum Gasteiger partial charge on any atom is -0.491 e. The molecule has 2 heterocycles. The Morgan fingerprint density at radius 2 is 2.03 bits per heavy atom. The standard InChI is InChI=1S/C21H31N5O5/c1-13-6-7-16(10-14(13)2)31-12-15(27)11-26-17-18(25(3)21(29)24-19(17)28)23-20(26)22-8-5-9-30-4/h6-7,10,15,17-18,27H,5,8-9,11-12H2,1-4H3,(H,22,23)(H,24,28,29). The fourth-order valence-electron chi connectivity index (χ4n) is 3.59. The molecule has 10 heteroatoms. The van der Waals surface area contributed by atoms with Crippen molar-refractivity contribution in [3.8, 4) is 5.75 Å². The summed E-state index contributed by atoms with van der Waals surface area (Å²) < 4.78 is 10.8. The summed E-state index contributed by atoms with van der Waals surface area (Å²) in [7, 11) is 3.23. The summed E-state index contributed by atoms with van der Waals surface area (Å²) in [6, 6.07) is 4.59. The van der Waals surface area contributed by atoms with E-state index in [2.05, 4.69) is 15.6 Å². The summed E-state index contributed by atoms with van der Waals surface area (Å²) in [4.78, 5) is 32.2. The van der Waals surface area contributed by atoms with Crippen LogP contribution in [0.4, 0.5) is 4.79 Å². The fraction of sp³-hybridized carbons (Fsp3) is 0.571. The summed E-state index contributed by atoms with van der Waals surface area (Å²) >= 11 is 0. The third-order valence-electron chi connectivity index (χ3n) is 5.52. The van der Waals surface area contributed by atoms with Gasteiger partial charge in [-0.3, -0.25) is 15.1 Å². The van der Waals surface area contributed by atoms with Gasteiger partial charge < -0.3 is 29.7 Å². The van der Waals surface area contributed by atoms with E-state index < -0.39 is 30.2 Å². The monoisotopic (exact) mass is 433 g/mol. The maximum absolute atomic E-state index is 12.6. The van der Waals surface area contributed by atoms with Crippen LogP contribution in [0.1, 0.15) is 17.5 Å². The number of imide groups is 1. The van der Waals surface area contributed by atoms with Gasteiger partial charge in [0, 0.05) is 27.3 Å². The van der Waals surface area contributed by atoms with Gasteiger partial charge in [0.15, 0.2) is 12.0 Å². The van der Waals surface area contributed by atoms with Gasteiger partial charge in [-0.25, -0.2) is 4.79 Å². The SMILES string of the molecule is COCCCN=C1NC2C(C(=O)NC(=O)N2C)N1CC(O)COc1ccc(C)c(C)c1. The lowest BCUT2D eigenvalue weighted by atomic mass is 10.1. The number of ether oxygens (including phenoxy) is 2. The number of amides is 3. The van der Waals surface area contributed by atoms with Crippen LogP contribution in [-0.4, -0.2) is 91.6 Å². The average Bonchev–Trinajstić information content (AvgIpc) is 3.09. The number of aliphatic hydroxyl groups excluding tert-OH is 1. The molecule has 0 bridgehead atoms. The number of methoxy groups -OCH3 is 1. The van der Waals surface area contributed by atoms with Crippen LogP contribution < -0.4 is 15.4 Å². The number of aliphatic hydroxyl groups is 1. The summed E-state index contributed by atoms with van der Waals surface area (Å²) in [5.74, 6) is 0.715. The molecule has 3 atom stereocenters. The molecule has 2 fully saturated rings. The molecule has 0 aliphatic carbocycles. The summed E-state index contributed by atoms with van der Waals surface area (Å²) in [5.41, 5.74) is 2.27. The molecule has 31 heavy (non-hydrogen) atoms. The van der Waals surface area contributed by atoms with E-state index in [4.69, 9.17) is 9.47 Å². The molecule has 0 spiro atoms. The molecule has 1 aromatic rings. The summed E-state index contributed by atoms with van der Waals surface area (Å²) in [6.45, 7) is 5.26. The van der Waals surface area contributed by atoms with Gasteiger partial charge in [0.2, 0.25) is 0 Å². The van der Waals surface area contributed by atoms with Crippen molar-refractivity contribution in [1.29, 1.82) is 0 Å². The molecule has 2 aliphatic rings. The largest absolute Gasteiger partial charge is 0.491 e. The Hall–Kier alpha value is -2.85. The number of nitrogens with zero attached hydrogens (tertiary/aromatic N) is 3. The van der Waals surface area contributed by atoms with Crippen LogP contribution >= 0.6 is 0 Å². The number of likely N-dealkylation sites (N-methyl/N-ethyl adjacent to an activating group) is 1. The number of benzene rings is 1. The van der Waals surface area contributed by atoms with Crippen LogP contribution in [0.15, 0.2) is 23.2 Å². The predicted molar refractivity (Wildman–Crippen MR) is 115 cm³/mol. The van der Waals surface area contributed by atoms with E-state index in [9.17, 15) is 14.7 Å². The second kappa shape index (κ2) is 9.97. The Morgan fingerprint density at radius 1 is 1.26 bits per heavy atom. The zero-order chi connectivity index (χ0) is 22.5. The molecule has 3 N–H and O–H groups in total. The molecule has 1 aromatic carbocycles. The Labute approximate surface area is 182 Å². The average molecular weight is 434 g/mol. The number of aliphatic imine (C=N–C) groups is 1. The van der Waals surface area contributed by atoms with Crippen molar-refractivity contribution in [3.05, 3.63) is 29.3 Å². The summed E-state index contributed by atoms with van der Waals surface area (Å²) in [6.07, 6.45) is -0.720. The maximum Gasteiger partial charge on any atom is 0.325 e. The molecule has 2 aliphatic heterocycles. The van der Waals surface area contributed by atoms with Crippen LogP contribution in [-0.2, 0) is 9.53 Å². The predicted octanol–water partition coefficient (Wildman–Crippen LogP) is 0.217. The van der Waals surface area contributed by atoms with E-state index >= 15 is 0 Å². The molecule has 2 saturated heterocycles. The van der Waals surface area contributed by atoms with Gasteiger partial charge in [-0.1, -0.05) is 6.07 Å². The second-order valence-electron chi connectivity index (χ2n) is 7.85. The highest BCUT2D eigenvalue weighted by atomic mass is 16.5. The van der Waals surface area contributed by atoms with Crippen molar-refractivity contribution in [2.24, 2.45) is 4.99 Å². The molecule has 0 saturated carbocycles. The number of aryl methyl sites for hydroxylation is 2. The van der Waals surface area contributed by atoms with Gasteiger partial charge in [-0.15, -0.1) is 0 Å². The summed E-state index contributed by atoms with van der Waals surface area (Å²) in [5, 5.41) is 16.1. The van der Waals surface area contributed by atoms with Crippen LogP contribution in [0.2, 0.25) is 0 Å². The minimum atomic E-state index is -0.873. The Balaban J connectivity index is 1.70. The molecule has 0 aromatic heterocycles. The lowest BCUT2D eigenvalue weighted by Crippen LogP contribution is -2.65. The number of fused-ring (bicyclic) bond motifs is 1. The van der Waals surface area contributed by atoms with E-state index in [1.165, 1.54) is 10.5 Å². The number of carbonyl (C=O) groups excluding carboxylic acids is 2. The number of hydrogen-bond acceptors (Lipinski definition) is 6. The van der Waals surface area contributed by atoms with Gasteiger partial charge in [-0.05, 0) is 43.5 Å². The molecule has 170 valence electrons. The molecule has 0 radical (unpaired) electrons. The van der Waals surface area contributed by atoms with Crippen molar-refractivity contribution in [1.82, 2.24) is 20.4 Å². The van der Waals surface area contributed by atoms with E-state index in [0.717, 1.165) is 5.56 Å². The van der Waals surface area contributed by atoms with Gasteiger partial charge in [0.05, 0.1) is 6.54 Å². The van der Waals surface area contributed by atoms with E-state index in [-0.39, 0.29) is 13.2 Å². The maximum atomic E-state index is 12.6. The molecule has 3 amide bonds. The van der Waals surface area contributed by atoms with Gasteiger partial charge >= 0.3 is 6.03 Å². The van der Waals surface area contributed by atoms with Crippen LogP contribution in [0, 0.1) is 13.8 Å². The number of nitrogens with one attached hydrogen (secondary N) is 2. The zero-order valence-corrected chi connectivity index (χ0v) is 18.4. The van der Waals surface area contributed by atoms with E-state index in [1.807, 2.05) is 32.0 Å². The van der Waals surface area contributed by atoms with Gasteiger partial charge in [0.25, 0.3) is 5.91 Å². The van der Waals surface area contributed by atoms with Crippen molar-refractivity contribution in [2.45, 2.75) is 38.6 Å². The highest BCUT2D eigenvalue weighted by molar-refractivity contribution is 6.04. The molecular formula is C21H31N5O5. The Kier molecular flexibility index (Phi) is 7.34. The lowest BCUT2D eigenvalue weighted by Gasteiger charge is -2.35. The minimum absolute atomic E-state index is 0.0593. The molecule has 3 unspecified atom stereocenters. The van der Waals surface area contributed by atoms with Crippen molar-refractivity contribution >= 4 is 17.9 Å². The Morgan fingerprint density at radius 3 is 2.74 bits per heavy atom. The first-order chi connectivity index (χ1) is 14.8. The zero-order valence-electron chi connectivity index (χ0n) is 18.4. The van der Waals surface area contributed by atoms with Crippen molar-refractivity contribution in [3.63, 3.8) is 0 Å². The number of rotatable bonds is 9. The normalized spacial score (nSPS) is 22.9. The highest BCUT2D eigenvalue weighted by Gasteiger charge is 2.50. The Bertz CT molecular complexity index is 845. The van der Waals surface area contributed by atoms with Crippen LogP contribution in [0.5, 0.6) is 5.75 Å². The first-order valence-corrected chi connectivity index (χ1v) is 10.3. The number of guanidine groups is 1. The number of β-amino-alcohol motifs (C(OH)–C–C–N with tert-alkyl or cyclic N) is 1. The van der Waals surface area contributed by atoms with E-state index in [1.54, 1.807) is 19.1 Å². The van der Waals surface area contributed by atoms with Crippen molar-refractivity contribution in [2.75, 3.05) is 40.5 Å². The third-order valence-corrected chi connectivity index (χ3v) is 5.52. The molecule has 10 nitrogen and oxygen atoms in total. The van der Waals surface area contributed by atoms with E-state index in [0.29, 0.717) is 31.3 Å². The molecule has 3 rings (SSSR count). The quantitative estimate of drug-likeness (QED) is 0.477. The lowest BCUT2D eigenvalue weighted by molar-refractivity contribution is -0.127. The smallest absolute Gasteiger partial charge is 0.325 e. The second-order valence-corrected chi connectivity index (χ2v) is 7.85.